The maximum absolute atomic E-state index is 11.7. The molecule has 3 amide bonds. The summed E-state index contributed by atoms with van der Waals surface area (Å²) in [5.74, 6) is 0. The second-order valence-electron chi connectivity index (χ2n) is 3.62. The summed E-state index contributed by atoms with van der Waals surface area (Å²) >= 11 is 5.24. The number of carbonyl (C=O) groups is 2. The topological polar surface area (TPSA) is 74.5 Å². The maximum Gasteiger partial charge on any atom is 0.518 e. The Bertz CT molecular complexity index is 633. The van der Waals surface area contributed by atoms with Crippen molar-refractivity contribution in [2.24, 2.45) is 0 Å². The molecule has 94 valence electrons. The van der Waals surface area contributed by atoms with Crippen LogP contribution in [-0.2, 0) is 10.5 Å². The molecule has 1 saturated heterocycles. The number of carbonyl (C=O) groups excluding carboxylic acids is 2. The molecule has 18 heavy (non-hydrogen) atoms. The highest BCUT2D eigenvalue weighted by molar-refractivity contribution is 7.59. The van der Waals surface area contributed by atoms with E-state index in [9.17, 15) is 18.0 Å². The van der Waals surface area contributed by atoms with E-state index < -0.39 is 27.9 Å². The van der Waals surface area contributed by atoms with E-state index in [1.165, 1.54) is 0 Å². The Hall–Kier alpha value is -1.73. The number of halogens is 1. The minimum Gasteiger partial charge on any atom is -0.226 e. The Morgan fingerprint density at radius 1 is 1.33 bits per heavy atom. The first-order valence-electron chi connectivity index (χ1n) is 4.97. The summed E-state index contributed by atoms with van der Waals surface area (Å²) in [6, 6.07) is 6.90. The fourth-order valence-corrected chi connectivity index (χ4v) is 2.57. The Balaban J connectivity index is 2.52. The number of imide groups is 1. The van der Waals surface area contributed by atoms with E-state index in [1.807, 2.05) is 0 Å². The molecule has 0 spiro atoms. The normalized spacial score (nSPS) is 19.2. The standard InChI is InChI=1S/C10H8ClN2O4S/c11-9(14)12-6-8(7-4-2-1-3-5-7)13(10(12)15)18(16)17/h1-5,8H,6H2/q+1. The SMILES string of the molecule is O=C(Cl)N1CC(c2ccccc2)[N+](=S(=O)=O)C1=O. The zero-order valence-corrected chi connectivity index (χ0v) is 10.6. The third kappa shape index (κ3) is 2.14. The van der Waals surface area contributed by atoms with E-state index in [2.05, 4.69) is 0 Å². The molecule has 8 heteroatoms. The van der Waals surface area contributed by atoms with Crippen molar-refractivity contribution >= 4 is 33.5 Å². The van der Waals surface area contributed by atoms with Gasteiger partial charge in [0.1, 0.15) is 6.54 Å². The third-order valence-electron chi connectivity index (χ3n) is 2.62. The lowest BCUT2D eigenvalue weighted by molar-refractivity contribution is -0.434. The summed E-state index contributed by atoms with van der Waals surface area (Å²) < 4.78 is 22.8. The van der Waals surface area contributed by atoms with Gasteiger partial charge in [-0.15, -0.1) is 13.3 Å². The lowest BCUT2D eigenvalue weighted by Gasteiger charge is -2.03. The molecular formula is C10H8ClN2O4S+. The van der Waals surface area contributed by atoms with E-state index in [1.54, 1.807) is 30.3 Å². The monoisotopic (exact) mass is 287 g/mol. The first-order chi connectivity index (χ1) is 8.52. The smallest absolute Gasteiger partial charge is 0.226 e. The lowest BCUT2D eigenvalue weighted by Crippen LogP contribution is -2.28. The van der Waals surface area contributed by atoms with Crippen molar-refractivity contribution in [2.45, 2.75) is 6.04 Å². The number of amides is 3. The average Bonchev–Trinajstić information content (AvgIpc) is 2.68. The van der Waals surface area contributed by atoms with Crippen molar-refractivity contribution in [1.82, 2.24) is 4.90 Å². The van der Waals surface area contributed by atoms with Gasteiger partial charge in [-0.2, -0.15) is 4.79 Å². The summed E-state index contributed by atoms with van der Waals surface area (Å²) in [7, 11) is -2.76. The molecule has 1 aliphatic heterocycles. The van der Waals surface area contributed by atoms with Crippen molar-refractivity contribution < 1.29 is 22.0 Å². The molecule has 6 nitrogen and oxygen atoms in total. The fourth-order valence-electron chi connectivity index (χ4n) is 1.81. The molecule has 1 unspecified atom stereocenters. The molecule has 2 rings (SSSR count). The zero-order valence-electron chi connectivity index (χ0n) is 8.98. The summed E-state index contributed by atoms with van der Waals surface area (Å²) in [6.45, 7) is -0.0842. The van der Waals surface area contributed by atoms with Gasteiger partial charge in [0.25, 0.3) is 0 Å². The van der Waals surface area contributed by atoms with Gasteiger partial charge in [0.2, 0.25) is 0 Å². The molecule has 1 aromatic rings. The predicted octanol–water partition coefficient (Wildman–Crippen LogP) is 1.60. The molecule has 1 atom stereocenters. The van der Waals surface area contributed by atoms with Crippen molar-refractivity contribution in [3.63, 3.8) is 0 Å². The van der Waals surface area contributed by atoms with Crippen LogP contribution >= 0.6 is 11.6 Å². The summed E-state index contributed by atoms with van der Waals surface area (Å²) in [5.41, 5.74) is 0.621. The molecule has 0 bridgehead atoms. The van der Waals surface area contributed by atoms with Crippen LogP contribution in [0, 0.1) is 0 Å². The molecule has 0 aliphatic carbocycles. The van der Waals surface area contributed by atoms with E-state index in [0.29, 0.717) is 14.4 Å². The zero-order chi connectivity index (χ0) is 13.3. The average molecular weight is 288 g/mol. The van der Waals surface area contributed by atoms with Crippen LogP contribution in [-0.4, -0.2) is 35.2 Å². The molecule has 0 aromatic heterocycles. The van der Waals surface area contributed by atoms with E-state index in [-0.39, 0.29) is 6.54 Å². The largest absolute Gasteiger partial charge is 0.518 e. The molecule has 0 radical (unpaired) electrons. The van der Waals surface area contributed by atoms with E-state index >= 15 is 0 Å². The van der Waals surface area contributed by atoms with Crippen LogP contribution in [0.4, 0.5) is 9.59 Å². The number of hydrogen-bond donors (Lipinski definition) is 0. The Labute approximate surface area is 109 Å². The van der Waals surface area contributed by atoms with Crippen LogP contribution in [0.2, 0.25) is 0 Å². The maximum atomic E-state index is 11.7. The summed E-state index contributed by atoms with van der Waals surface area (Å²) in [5, 5.41) is -0.992. The van der Waals surface area contributed by atoms with Gasteiger partial charge in [-0.25, -0.2) is 4.79 Å². The van der Waals surface area contributed by atoms with Crippen LogP contribution in [0.3, 0.4) is 0 Å². The second-order valence-corrected chi connectivity index (χ2v) is 4.77. The molecule has 0 saturated carbocycles. The highest BCUT2D eigenvalue weighted by atomic mass is 35.5. The number of benzene rings is 1. The van der Waals surface area contributed by atoms with Gasteiger partial charge in [-0.05, 0) is 0 Å². The minimum atomic E-state index is -2.76. The Morgan fingerprint density at radius 3 is 2.44 bits per heavy atom. The van der Waals surface area contributed by atoms with Gasteiger partial charge in [0.15, 0.2) is 6.04 Å². The minimum absolute atomic E-state index is 0.0842. The highest BCUT2D eigenvalue weighted by Gasteiger charge is 2.49. The molecule has 1 heterocycles. The van der Waals surface area contributed by atoms with Gasteiger partial charge in [0.05, 0.1) is 0 Å². The molecular weight excluding hydrogens is 280 g/mol. The quantitative estimate of drug-likeness (QED) is 0.447. The third-order valence-corrected chi connectivity index (χ3v) is 3.55. The van der Waals surface area contributed by atoms with Crippen molar-refractivity contribution in [2.75, 3.05) is 6.54 Å². The van der Waals surface area contributed by atoms with Crippen molar-refractivity contribution in [1.29, 1.82) is 0 Å². The van der Waals surface area contributed by atoms with Gasteiger partial charge >= 0.3 is 21.9 Å². The summed E-state index contributed by atoms with van der Waals surface area (Å²) in [6.07, 6.45) is 0. The molecule has 1 aromatic carbocycles. The van der Waals surface area contributed by atoms with Crippen LogP contribution in [0.1, 0.15) is 11.6 Å². The van der Waals surface area contributed by atoms with Crippen LogP contribution in [0.5, 0.6) is 0 Å². The van der Waals surface area contributed by atoms with Crippen LogP contribution in [0.25, 0.3) is 0 Å². The Morgan fingerprint density at radius 2 is 1.94 bits per heavy atom. The number of nitrogens with zero attached hydrogens (tertiary/aromatic N) is 2. The first kappa shape index (κ1) is 12.7. The Kier molecular flexibility index (Phi) is 3.44. The van der Waals surface area contributed by atoms with Crippen molar-refractivity contribution in [3.05, 3.63) is 35.9 Å². The van der Waals surface area contributed by atoms with Gasteiger partial charge in [-0.3, -0.25) is 0 Å². The number of hydrogen-bond acceptors (Lipinski definition) is 4. The fraction of sp³-hybridized carbons (Fsp3) is 0.200. The van der Waals surface area contributed by atoms with E-state index in [4.69, 9.17) is 11.6 Å². The predicted molar refractivity (Wildman–Crippen MR) is 61.7 cm³/mol. The molecule has 1 aliphatic rings. The molecule has 0 N–H and O–H groups in total. The van der Waals surface area contributed by atoms with E-state index in [0.717, 1.165) is 0 Å². The van der Waals surface area contributed by atoms with Gasteiger partial charge < -0.3 is 0 Å². The lowest BCUT2D eigenvalue weighted by atomic mass is 10.1. The number of rotatable bonds is 1. The van der Waals surface area contributed by atoms with Crippen LogP contribution < -0.4 is 0 Å². The van der Waals surface area contributed by atoms with Crippen LogP contribution in [0.15, 0.2) is 30.3 Å². The first-order valence-corrected chi connectivity index (χ1v) is 6.38. The number of urea groups is 1. The van der Waals surface area contributed by atoms with Crippen molar-refractivity contribution in [3.8, 4) is 0 Å². The van der Waals surface area contributed by atoms with Gasteiger partial charge in [0, 0.05) is 17.2 Å². The van der Waals surface area contributed by atoms with Gasteiger partial charge in [-0.1, -0.05) is 34.3 Å². The molecule has 1 fully saturated rings. The summed E-state index contributed by atoms with van der Waals surface area (Å²) in [4.78, 5) is 23.5. The highest BCUT2D eigenvalue weighted by Crippen LogP contribution is 2.26. The second kappa shape index (κ2) is 4.87.